The molecule has 2 aromatic carbocycles. The van der Waals surface area contributed by atoms with Crippen LogP contribution in [-0.2, 0) is 9.59 Å². The number of nitrogens with zero attached hydrogens (tertiary/aromatic N) is 1. The molecule has 2 rings (SSSR count). The Labute approximate surface area is 253 Å². The highest BCUT2D eigenvalue weighted by Crippen LogP contribution is 2.31. The van der Waals surface area contributed by atoms with Crippen LogP contribution in [0.25, 0.3) is 5.57 Å². The van der Waals surface area contributed by atoms with E-state index < -0.39 is 6.04 Å². The van der Waals surface area contributed by atoms with Gasteiger partial charge in [-0.1, -0.05) is 44.9 Å². The summed E-state index contributed by atoms with van der Waals surface area (Å²) in [5, 5.41) is 11.8. The third-order valence-electron chi connectivity index (χ3n) is 6.76. The Morgan fingerprint density at radius 3 is 2.29 bits per heavy atom. The summed E-state index contributed by atoms with van der Waals surface area (Å²) < 4.78 is 0. The molecule has 0 saturated heterocycles. The van der Waals surface area contributed by atoms with E-state index in [1.165, 1.54) is 13.0 Å². The normalized spacial score (nSPS) is 12.6. The second-order valence-electron chi connectivity index (χ2n) is 9.92. The fraction of sp³-hybridized carbons (Fsp3) is 0.324. The van der Waals surface area contributed by atoms with Crippen molar-refractivity contribution in [3.05, 3.63) is 94.2 Å². The SMILES string of the molecule is CCC/C=C\C(=N)C[C@@H](C(=O)Nc1ccc(C(C)=O)cc1)N(C)/C=C(CC)\C(=C/C=O)c1cc(Cl)ccc1C(=O)CC. The third-order valence-corrected chi connectivity index (χ3v) is 6.99. The number of benzene rings is 2. The van der Waals surface area contributed by atoms with Crippen molar-refractivity contribution in [1.29, 1.82) is 5.41 Å². The molecule has 42 heavy (non-hydrogen) atoms. The molecule has 0 bridgehead atoms. The minimum absolute atomic E-state index is 0.0716. The summed E-state index contributed by atoms with van der Waals surface area (Å²) >= 11 is 6.31. The fourth-order valence-corrected chi connectivity index (χ4v) is 4.57. The van der Waals surface area contributed by atoms with E-state index in [0.717, 1.165) is 12.8 Å². The maximum Gasteiger partial charge on any atom is 0.247 e. The van der Waals surface area contributed by atoms with Crippen LogP contribution in [0.15, 0.2) is 72.5 Å². The van der Waals surface area contributed by atoms with E-state index in [-0.39, 0.29) is 30.3 Å². The van der Waals surface area contributed by atoms with E-state index in [1.54, 1.807) is 73.6 Å². The second-order valence-corrected chi connectivity index (χ2v) is 10.4. The van der Waals surface area contributed by atoms with E-state index in [2.05, 4.69) is 12.2 Å². The Morgan fingerprint density at radius 1 is 1.02 bits per heavy atom. The molecule has 222 valence electrons. The molecule has 0 aromatic heterocycles. The predicted octanol–water partition coefficient (Wildman–Crippen LogP) is 7.72. The van der Waals surface area contributed by atoms with E-state index >= 15 is 0 Å². The summed E-state index contributed by atoms with van der Waals surface area (Å²) in [6, 6.07) is 10.9. The van der Waals surface area contributed by atoms with Crippen molar-refractivity contribution in [2.45, 2.75) is 65.8 Å². The number of ketones is 2. The topological polar surface area (TPSA) is 107 Å². The summed E-state index contributed by atoms with van der Waals surface area (Å²) in [6.07, 6.45) is 10.2. The molecule has 0 spiro atoms. The number of aldehydes is 1. The van der Waals surface area contributed by atoms with Gasteiger partial charge in [0.1, 0.15) is 12.3 Å². The zero-order valence-corrected chi connectivity index (χ0v) is 25.8. The number of carbonyl (C=O) groups excluding carboxylic acids is 4. The van der Waals surface area contributed by atoms with Crippen LogP contribution in [0.3, 0.4) is 0 Å². The number of unbranched alkanes of at least 4 members (excludes halogenated alkanes) is 1. The van der Waals surface area contributed by atoms with Crippen molar-refractivity contribution >= 4 is 52.3 Å². The maximum absolute atomic E-state index is 13.6. The van der Waals surface area contributed by atoms with Gasteiger partial charge in [-0.25, -0.2) is 0 Å². The fourth-order valence-electron chi connectivity index (χ4n) is 4.40. The molecule has 2 N–H and O–H groups in total. The van der Waals surface area contributed by atoms with E-state index in [4.69, 9.17) is 17.0 Å². The van der Waals surface area contributed by atoms with Crippen LogP contribution in [0.1, 0.15) is 86.1 Å². The summed E-state index contributed by atoms with van der Waals surface area (Å²) in [6.45, 7) is 7.22. The number of hydrogen-bond acceptors (Lipinski definition) is 6. The number of anilines is 1. The van der Waals surface area contributed by atoms with Crippen molar-refractivity contribution in [3.8, 4) is 0 Å². The molecule has 0 heterocycles. The molecule has 8 heteroatoms. The zero-order chi connectivity index (χ0) is 31.2. The molecular formula is C34H40ClN3O4. The van der Waals surface area contributed by atoms with Gasteiger partial charge in [0.25, 0.3) is 0 Å². The Morgan fingerprint density at radius 2 is 1.71 bits per heavy atom. The quantitative estimate of drug-likeness (QED) is 0.0685. The Kier molecular flexibility index (Phi) is 13.8. The molecule has 0 fully saturated rings. The van der Waals surface area contributed by atoms with Gasteiger partial charge in [0, 0.05) is 53.6 Å². The number of likely N-dealkylation sites (N-methyl/N-ethyl adjacent to an activating group) is 1. The lowest BCUT2D eigenvalue weighted by Crippen LogP contribution is -2.40. The number of halogens is 1. The minimum atomic E-state index is -0.772. The van der Waals surface area contributed by atoms with Gasteiger partial charge in [0.15, 0.2) is 11.6 Å². The minimum Gasteiger partial charge on any atom is -0.368 e. The number of nitrogens with one attached hydrogen (secondary N) is 2. The smallest absolute Gasteiger partial charge is 0.247 e. The number of amides is 1. The highest BCUT2D eigenvalue weighted by Gasteiger charge is 2.25. The summed E-state index contributed by atoms with van der Waals surface area (Å²) in [5.41, 5.74) is 3.62. The number of rotatable bonds is 16. The summed E-state index contributed by atoms with van der Waals surface area (Å²) in [7, 11) is 1.75. The molecule has 1 atom stereocenters. The molecule has 0 aliphatic heterocycles. The molecule has 1 amide bonds. The highest BCUT2D eigenvalue weighted by molar-refractivity contribution is 6.31. The van der Waals surface area contributed by atoms with Gasteiger partial charge in [-0.05, 0) is 91.1 Å². The Hall–Kier alpha value is -4.10. The zero-order valence-electron chi connectivity index (χ0n) is 25.0. The molecule has 0 aliphatic rings. The van der Waals surface area contributed by atoms with Crippen molar-refractivity contribution in [2.24, 2.45) is 0 Å². The lowest BCUT2D eigenvalue weighted by atomic mass is 9.90. The van der Waals surface area contributed by atoms with Gasteiger partial charge in [0.2, 0.25) is 5.91 Å². The van der Waals surface area contributed by atoms with E-state index in [0.29, 0.717) is 57.0 Å². The largest absolute Gasteiger partial charge is 0.368 e. The van der Waals surface area contributed by atoms with E-state index in [1.807, 2.05) is 13.0 Å². The van der Waals surface area contributed by atoms with Crippen LogP contribution in [0.4, 0.5) is 5.69 Å². The van der Waals surface area contributed by atoms with Crippen LogP contribution < -0.4 is 5.32 Å². The Balaban J connectivity index is 2.53. The average molecular weight is 590 g/mol. The van der Waals surface area contributed by atoms with Crippen molar-refractivity contribution < 1.29 is 19.2 Å². The Bertz CT molecular complexity index is 1390. The predicted molar refractivity (Wildman–Crippen MR) is 172 cm³/mol. The number of hydrogen-bond donors (Lipinski definition) is 2. The molecule has 0 aliphatic carbocycles. The molecule has 0 unspecified atom stereocenters. The lowest BCUT2D eigenvalue weighted by Gasteiger charge is -2.28. The van der Waals surface area contributed by atoms with Gasteiger partial charge in [-0.3, -0.25) is 19.2 Å². The first-order valence-corrected chi connectivity index (χ1v) is 14.5. The summed E-state index contributed by atoms with van der Waals surface area (Å²) in [5.74, 6) is -0.487. The van der Waals surface area contributed by atoms with Gasteiger partial charge < -0.3 is 15.6 Å². The standard InChI is InChI=1S/C34H40ClN3O4/c1-6-9-10-11-27(36)21-32(34(42)37-28-15-12-25(13-16-28)23(4)40)38(5)22-24(7-2)29(18-19-39)31-20-26(35)14-17-30(31)33(41)8-3/h10-20,22,32,36H,6-9,21H2,1-5H3,(H,37,42)/b11-10-,24-22-,29-18+,36-27?/t32-/m0/s1. The first kappa shape index (κ1) is 34.1. The van der Waals surface area contributed by atoms with Gasteiger partial charge >= 0.3 is 0 Å². The lowest BCUT2D eigenvalue weighted by molar-refractivity contribution is -0.119. The number of allylic oxidation sites excluding steroid dienone is 5. The van der Waals surface area contributed by atoms with Crippen molar-refractivity contribution in [3.63, 3.8) is 0 Å². The highest BCUT2D eigenvalue weighted by atomic mass is 35.5. The van der Waals surface area contributed by atoms with Crippen LogP contribution >= 0.6 is 11.6 Å². The third kappa shape index (κ3) is 9.77. The van der Waals surface area contributed by atoms with Crippen LogP contribution in [0.5, 0.6) is 0 Å². The van der Waals surface area contributed by atoms with Crippen LogP contribution in [-0.4, -0.2) is 47.5 Å². The van der Waals surface area contributed by atoms with Crippen LogP contribution in [0.2, 0.25) is 5.02 Å². The molecule has 7 nitrogen and oxygen atoms in total. The first-order chi connectivity index (χ1) is 20.1. The van der Waals surface area contributed by atoms with Crippen molar-refractivity contribution in [1.82, 2.24) is 4.90 Å². The maximum atomic E-state index is 13.6. The first-order valence-electron chi connectivity index (χ1n) is 14.1. The van der Waals surface area contributed by atoms with Crippen molar-refractivity contribution in [2.75, 3.05) is 12.4 Å². The van der Waals surface area contributed by atoms with Gasteiger partial charge in [0.05, 0.1) is 0 Å². The van der Waals surface area contributed by atoms with Crippen LogP contribution in [0, 0.1) is 5.41 Å². The number of Topliss-reactive ketones (excluding diaryl/α,β-unsaturated/α-hetero) is 2. The molecular weight excluding hydrogens is 550 g/mol. The van der Waals surface area contributed by atoms with Gasteiger partial charge in [-0.15, -0.1) is 0 Å². The second kappa shape index (κ2) is 17.0. The average Bonchev–Trinajstić information content (AvgIpc) is 2.97. The van der Waals surface area contributed by atoms with Gasteiger partial charge in [-0.2, -0.15) is 0 Å². The summed E-state index contributed by atoms with van der Waals surface area (Å²) in [4.78, 5) is 51.5. The molecule has 0 radical (unpaired) electrons. The number of carbonyl (C=O) groups is 4. The molecule has 2 aromatic rings. The van der Waals surface area contributed by atoms with E-state index in [9.17, 15) is 19.2 Å². The molecule has 0 saturated carbocycles. The monoisotopic (exact) mass is 589 g/mol.